The number of rotatable bonds is 4. The van der Waals surface area contributed by atoms with Crippen LogP contribution < -0.4 is 4.74 Å². The Labute approximate surface area is 139 Å². The second kappa shape index (κ2) is 6.71. The molecule has 23 heavy (non-hydrogen) atoms. The summed E-state index contributed by atoms with van der Waals surface area (Å²) in [4.78, 5) is 4.40. The third kappa shape index (κ3) is 3.81. The van der Waals surface area contributed by atoms with E-state index in [9.17, 15) is 0 Å². The summed E-state index contributed by atoms with van der Waals surface area (Å²) in [7, 11) is 1.65. The summed E-state index contributed by atoms with van der Waals surface area (Å²) in [6.45, 7) is 4.17. The van der Waals surface area contributed by atoms with Crippen molar-refractivity contribution in [3.8, 4) is 16.3 Å². The fraction of sp³-hybridized carbons (Fsp3) is 0.167. The Morgan fingerprint density at radius 3 is 2.35 bits per heavy atom. The number of hydrogen-bond donors (Lipinski definition) is 0. The molecular formula is C18H17N3OS. The van der Waals surface area contributed by atoms with Crippen molar-refractivity contribution >= 4 is 22.7 Å². The second-order valence-electron chi connectivity index (χ2n) is 5.30. The molecule has 3 rings (SSSR count). The summed E-state index contributed by atoms with van der Waals surface area (Å²) in [5.74, 6) is 0.829. The summed E-state index contributed by atoms with van der Waals surface area (Å²) in [6.07, 6.45) is 1.78. The highest BCUT2D eigenvalue weighted by atomic mass is 32.1. The van der Waals surface area contributed by atoms with Crippen molar-refractivity contribution in [2.24, 2.45) is 4.99 Å². The molecule has 0 fully saturated rings. The Morgan fingerprint density at radius 1 is 1.00 bits per heavy atom. The van der Waals surface area contributed by atoms with E-state index in [1.807, 2.05) is 24.3 Å². The third-order valence-electron chi connectivity index (χ3n) is 3.32. The van der Waals surface area contributed by atoms with Crippen LogP contribution in [0.1, 0.15) is 16.7 Å². The van der Waals surface area contributed by atoms with Crippen molar-refractivity contribution in [1.82, 2.24) is 10.2 Å². The van der Waals surface area contributed by atoms with Crippen LogP contribution in [0.25, 0.3) is 10.6 Å². The SMILES string of the molecule is COc1ccc(/C=N/c2nnc(-c3cc(C)cc(C)c3)s2)cc1. The van der Waals surface area contributed by atoms with E-state index < -0.39 is 0 Å². The van der Waals surface area contributed by atoms with Crippen molar-refractivity contribution in [3.05, 3.63) is 59.2 Å². The van der Waals surface area contributed by atoms with Crippen LogP contribution >= 0.6 is 11.3 Å². The molecule has 1 aromatic heterocycles. The number of aliphatic imine (C=N–C) groups is 1. The molecule has 3 aromatic rings. The smallest absolute Gasteiger partial charge is 0.231 e. The van der Waals surface area contributed by atoms with Gasteiger partial charge in [0.15, 0.2) is 0 Å². The monoisotopic (exact) mass is 323 g/mol. The zero-order valence-corrected chi connectivity index (χ0v) is 14.1. The van der Waals surface area contributed by atoms with Crippen molar-refractivity contribution in [2.75, 3.05) is 7.11 Å². The van der Waals surface area contributed by atoms with Gasteiger partial charge in [-0.05, 0) is 55.8 Å². The lowest BCUT2D eigenvalue weighted by molar-refractivity contribution is 0.415. The molecule has 5 heteroatoms. The molecule has 0 bridgehead atoms. The minimum atomic E-state index is 0.648. The molecule has 0 aliphatic heterocycles. The Morgan fingerprint density at radius 2 is 1.70 bits per heavy atom. The summed E-state index contributed by atoms with van der Waals surface area (Å²) in [5.41, 5.74) is 4.52. The van der Waals surface area contributed by atoms with Crippen LogP contribution in [-0.4, -0.2) is 23.5 Å². The second-order valence-corrected chi connectivity index (χ2v) is 6.25. The van der Waals surface area contributed by atoms with Gasteiger partial charge in [-0.1, -0.05) is 28.5 Å². The molecule has 0 aliphatic rings. The number of aromatic nitrogens is 2. The minimum Gasteiger partial charge on any atom is -0.497 e. The van der Waals surface area contributed by atoms with Crippen LogP contribution in [0.15, 0.2) is 47.5 Å². The van der Waals surface area contributed by atoms with Crippen LogP contribution in [-0.2, 0) is 0 Å². The summed E-state index contributed by atoms with van der Waals surface area (Å²) < 4.78 is 5.14. The van der Waals surface area contributed by atoms with Gasteiger partial charge in [-0.3, -0.25) is 0 Å². The maximum atomic E-state index is 5.14. The highest BCUT2D eigenvalue weighted by Crippen LogP contribution is 2.29. The maximum absolute atomic E-state index is 5.14. The molecular weight excluding hydrogens is 306 g/mol. The summed E-state index contributed by atoms with van der Waals surface area (Å²) in [5, 5.41) is 9.93. The van der Waals surface area contributed by atoms with Gasteiger partial charge in [0.2, 0.25) is 5.13 Å². The predicted octanol–water partition coefficient (Wildman–Crippen LogP) is 4.58. The molecule has 116 valence electrons. The molecule has 4 nitrogen and oxygen atoms in total. The van der Waals surface area contributed by atoms with Gasteiger partial charge in [0.25, 0.3) is 0 Å². The number of benzene rings is 2. The van der Waals surface area contributed by atoms with Crippen LogP contribution in [0.2, 0.25) is 0 Å². The fourth-order valence-electron chi connectivity index (χ4n) is 2.30. The molecule has 0 aliphatic carbocycles. The zero-order valence-electron chi connectivity index (χ0n) is 13.3. The molecule has 0 amide bonds. The van der Waals surface area contributed by atoms with Gasteiger partial charge in [0, 0.05) is 11.8 Å². The largest absolute Gasteiger partial charge is 0.497 e. The van der Waals surface area contributed by atoms with Crippen LogP contribution in [0.5, 0.6) is 5.75 Å². The number of methoxy groups -OCH3 is 1. The quantitative estimate of drug-likeness (QED) is 0.660. The van der Waals surface area contributed by atoms with Crippen LogP contribution in [0.4, 0.5) is 5.13 Å². The van der Waals surface area contributed by atoms with Gasteiger partial charge >= 0.3 is 0 Å². The molecule has 0 radical (unpaired) electrons. The normalized spacial score (nSPS) is 11.1. The molecule has 0 saturated carbocycles. The molecule has 0 N–H and O–H groups in total. The van der Waals surface area contributed by atoms with E-state index in [0.717, 1.165) is 21.9 Å². The first-order valence-electron chi connectivity index (χ1n) is 7.24. The van der Waals surface area contributed by atoms with Crippen molar-refractivity contribution in [1.29, 1.82) is 0 Å². The maximum Gasteiger partial charge on any atom is 0.231 e. The lowest BCUT2D eigenvalue weighted by Gasteiger charge is -2.00. The molecule has 0 atom stereocenters. The molecule has 0 spiro atoms. The Balaban J connectivity index is 1.79. The van der Waals surface area contributed by atoms with Gasteiger partial charge in [0.05, 0.1) is 7.11 Å². The third-order valence-corrected chi connectivity index (χ3v) is 4.20. The molecule has 0 saturated heterocycles. The van der Waals surface area contributed by atoms with Gasteiger partial charge in [0.1, 0.15) is 10.8 Å². The average Bonchev–Trinajstić information content (AvgIpc) is 3.01. The van der Waals surface area contributed by atoms with E-state index in [1.54, 1.807) is 13.3 Å². The summed E-state index contributed by atoms with van der Waals surface area (Å²) >= 11 is 1.49. The number of hydrogen-bond acceptors (Lipinski definition) is 5. The van der Waals surface area contributed by atoms with Crippen molar-refractivity contribution in [2.45, 2.75) is 13.8 Å². The Hall–Kier alpha value is -2.53. The predicted molar refractivity (Wildman–Crippen MR) is 95.1 cm³/mol. The highest BCUT2D eigenvalue weighted by molar-refractivity contribution is 7.18. The standard InChI is InChI=1S/C18H17N3OS/c1-12-8-13(2)10-15(9-12)17-20-21-18(23-17)19-11-14-4-6-16(22-3)7-5-14/h4-11H,1-3H3/b19-11+. The van der Waals surface area contributed by atoms with Gasteiger partial charge in [-0.2, -0.15) is 0 Å². The first-order valence-corrected chi connectivity index (χ1v) is 8.06. The molecule has 1 heterocycles. The Kier molecular flexibility index (Phi) is 4.48. The fourth-order valence-corrected chi connectivity index (χ4v) is 2.98. The highest BCUT2D eigenvalue weighted by Gasteiger charge is 2.06. The van der Waals surface area contributed by atoms with E-state index in [0.29, 0.717) is 5.13 Å². The van der Waals surface area contributed by atoms with E-state index >= 15 is 0 Å². The minimum absolute atomic E-state index is 0.648. The first-order chi connectivity index (χ1) is 11.1. The van der Waals surface area contributed by atoms with Crippen LogP contribution in [0.3, 0.4) is 0 Å². The topological polar surface area (TPSA) is 47.4 Å². The van der Waals surface area contributed by atoms with Crippen molar-refractivity contribution < 1.29 is 4.74 Å². The number of ether oxygens (including phenoxy) is 1. The van der Waals surface area contributed by atoms with Gasteiger partial charge in [-0.15, -0.1) is 10.2 Å². The number of aryl methyl sites for hydroxylation is 2. The lowest BCUT2D eigenvalue weighted by atomic mass is 10.1. The van der Waals surface area contributed by atoms with Crippen LogP contribution in [0, 0.1) is 13.8 Å². The van der Waals surface area contributed by atoms with E-state index in [1.165, 1.54) is 22.5 Å². The van der Waals surface area contributed by atoms with Crippen molar-refractivity contribution in [3.63, 3.8) is 0 Å². The molecule has 2 aromatic carbocycles. The first kappa shape index (κ1) is 15.4. The zero-order chi connectivity index (χ0) is 16.2. The van der Waals surface area contributed by atoms with E-state index in [4.69, 9.17) is 4.74 Å². The Bertz CT molecular complexity index is 817. The average molecular weight is 323 g/mol. The molecule has 0 unspecified atom stereocenters. The lowest BCUT2D eigenvalue weighted by Crippen LogP contribution is -1.84. The van der Waals surface area contributed by atoms with E-state index in [2.05, 4.69) is 47.2 Å². The van der Waals surface area contributed by atoms with Gasteiger partial charge < -0.3 is 4.74 Å². The van der Waals surface area contributed by atoms with Gasteiger partial charge in [-0.25, -0.2) is 4.99 Å². The summed E-state index contributed by atoms with van der Waals surface area (Å²) in [6, 6.07) is 14.1. The van der Waals surface area contributed by atoms with E-state index in [-0.39, 0.29) is 0 Å². The number of nitrogens with zero attached hydrogens (tertiary/aromatic N) is 3.